The number of fused-ring (bicyclic) bond motifs is 3. The first kappa shape index (κ1) is 9.17. The largest absolute Gasteiger partial charge is 0.356 e. The summed E-state index contributed by atoms with van der Waals surface area (Å²) in [6.07, 6.45) is 6.96. The van der Waals surface area contributed by atoms with Crippen molar-refractivity contribution in [3.63, 3.8) is 0 Å². The maximum Gasteiger partial charge on any atom is 0.118 e. The first-order valence-electron chi connectivity index (χ1n) is 5.79. The summed E-state index contributed by atoms with van der Waals surface area (Å²) >= 11 is 0. The lowest BCUT2D eigenvalue weighted by atomic mass is 9.87. The minimum absolute atomic E-state index is 0.0424. The van der Waals surface area contributed by atoms with Crippen LogP contribution in [-0.2, 0) is 11.2 Å². The van der Waals surface area contributed by atoms with E-state index in [2.05, 4.69) is 44.2 Å². The molecule has 0 aromatic heterocycles. The SMILES string of the molecule is CCc1ccc2c(c1)C=CC1(CC)OC21. The fourth-order valence-corrected chi connectivity index (χ4v) is 2.48. The Morgan fingerprint density at radius 1 is 1.33 bits per heavy atom. The predicted molar refractivity (Wildman–Crippen MR) is 61.7 cm³/mol. The maximum atomic E-state index is 5.83. The van der Waals surface area contributed by atoms with E-state index in [1.807, 2.05) is 0 Å². The molecule has 3 rings (SSSR count). The van der Waals surface area contributed by atoms with Crippen LogP contribution in [0.15, 0.2) is 24.3 Å². The summed E-state index contributed by atoms with van der Waals surface area (Å²) in [4.78, 5) is 0. The maximum absolute atomic E-state index is 5.83. The average molecular weight is 200 g/mol. The summed E-state index contributed by atoms with van der Waals surface area (Å²) in [5.41, 5.74) is 4.17. The Morgan fingerprint density at radius 2 is 2.20 bits per heavy atom. The van der Waals surface area contributed by atoms with Gasteiger partial charge in [-0.25, -0.2) is 0 Å². The Morgan fingerprint density at radius 3 is 2.93 bits per heavy atom. The van der Waals surface area contributed by atoms with Crippen molar-refractivity contribution < 1.29 is 4.74 Å². The first-order chi connectivity index (χ1) is 7.29. The van der Waals surface area contributed by atoms with Crippen LogP contribution in [0.25, 0.3) is 6.08 Å². The summed E-state index contributed by atoms with van der Waals surface area (Å²) < 4.78 is 5.83. The highest BCUT2D eigenvalue weighted by Gasteiger charge is 2.55. The molecular weight excluding hydrogens is 184 g/mol. The zero-order valence-corrected chi connectivity index (χ0v) is 9.29. The normalized spacial score (nSPS) is 30.9. The van der Waals surface area contributed by atoms with Gasteiger partial charge in [0.05, 0.1) is 0 Å². The van der Waals surface area contributed by atoms with E-state index >= 15 is 0 Å². The minimum atomic E-state index is 0.0424. The van der Waals surface area contributed by atoms with Crippen molar-refractivity contribution >= 4 is 6.08 Å². The van der Waals surface area contributed by atoms with E-state index in [9.17, 15) is 0 Å². The van der Waals surface area contributed by atoms with Crippen molar-refractivity contribution in [3.8, 4) is 0 Å². The van der Waals surface area contributed by atoms with Gasteiger partial charge in [0.2, 0.25) is 0 Å². The third kappa shape index (κ3) is 1.19. The predicted octanol–water partition coefficient (Wildman–Crippen LogP) is 3.50. The second-order valence-electron chi connectivity index (χ2n) is 4.46. The highest BCUT2D eigenvalue weighted by atomic mass is 16.6. The second kappa shape index (κ2) is 2.96. The van der Waals surface area contributed by atoms with Gasteiger partial charge in [0, 0.05) is 0 Å². The van der Waals surface area contributed by atoms with Crippen LogP contribution in [0, 0.1) is 0 Å². The van der Waals surface area contributed by atoms with Crippen molar-refractivity contribution in [1.82, 2.24) is 0 Å². The Bertz CT molecular complexity index is 433. The molecule has 0 N–H and O–H groups in total. The summed E-state index contributed by atoms with van der Waals surface area (Å²) in [5.74, 6) is 0. The molecule has 1 nitrogen and oxygen atoms in total. The standard InChI is InChI=1S/C14H16O/c1-3-10-5-6-12-11(9-10)7-8-14(4-2)13(12)15-14/h5-9,13H,3-4H2,1-2H3. The molecule has 15 heavy (non-hydrogen) atoms. The van der Waals surface area contributed by atoms with Crippen LogP contribution in [0.2, 0.25) is 0 Å². The Kier molecular flexibility index (Phi) is 1.81. The number of benzene rings is 1. The van der Waals surface area contributed by atoms with E-state index in [0.29, 0.717) is 6.10 Å². The zero-order chi connectivity index (χ0) is 10.5. The van der Waals surface area contributed by atoms with E-state index in [0.717, 1.165) is 12.8 Å². The van der Waals surface area contributed by atoms with Crippen molar-refractivity contribution in [2.24, 2.45) is 0 Å². The van der Waals surface area contributed by atoms with Gasteiger partial charge in [-0.3, -0.25) is 0 Å². The summed E-state index contributed by atoms with van der Waals surface area (Å²) in [5, 5.41) is 0. The highest BCUT2D eigenvalue weighted by Crippen LogP contribution is 2.56. The first-order valence-corrected chi connectivity index (χ1v) is 5.79. The Hall–Kier alpha value is -1.08. The molecule has 2 aliphatic rings. The third-order valence-corrected chi connectivity index (χ3v) is 3.66. The average Bonchev–Trinajstić information content (AvgIpc) is 3.04. The van der Waals surface area contributed by atoms with Crippen molar-refractivity contribution in [2.45, 2.75) is 38.4 Å². The lowest BCUT2D eigenvalue weighted by Crippen LogP contribution is -2.10. The van der Waals surface area contributed by atoms with Crippen molar-refractivity contribution in [2.75, 3.05) is 0 Å². The number of aryl methyl sites for hydroxylation is 1. The third-order valence-electron chi connectivity index (χ3n) is 3.66. The topological polar surface area (TPSA) is 12.5 Å². The van der Waals surface area contributed by atoms with Gasteiger partial charge in [-0.1, -0.05) is 38.1 Å². The quantitative estimate of drug-likeness (QED) is 0.666. The lowest BCUT2D eigenvalue weighted by molar-refractivity contribution is 0.328. The summed E-state index contributed by atoms with van der Waals surface area (Å²) in [7, 11) is 0. The van der Waals surface area contributed by atoms with E-state index in [4.69, 9.17) is 4.74 Å². The molecule has 0 saturated carbocycles. The molecule has 1 aromatic rings. The molecule has 0 spiro atoms. The number of ether oxygens (including phenoxy) is 1. The lowest BCUT2D eigenvalue weighted by Gasteiger charge is -2.13. The van der Waals surface area contributed by atoms with Crippen LogP contribution >= 0.6 is 0 Å². The van der Waals surface area contributed by atoms with Gasteiger partial charge in [0.15, 0.2) is 0 Å². The molecular formula is C14H16O. The van der Waals surface area contributed by atoms with Gasteiger partial charge >= 0.3 is 0 Å². The summed E-state index contributed by atoms with van der Waals surface area (Å²) in [6, 6.07) is 6.74. The van der Waals surface area contributed by atoms with E-state index in [1.165, 1.54) is 16.7 Å². The van der Waals surface area contributed by atoms with Crippen molar-refractivity contribution in [1.29, 1.82) is 0 Å². The summed E-state index contributed by atoms with van der Waals surface area (Å²) in [6.45, 7) is 4.38. The monoisotopic (exact) mass is 200 g/mol. The van der Waals surface area contributed by atoms with E-state index in [-0.39, 0.29) is 5.60 Å². The molecule has 1 heteroatoms. The number of rotatable bonds is 2. The molecule has 1 fully saturated rings. The zero-order valence-electron chi connectivity index (χ0n) is 9.29. The molecule has 2 atom stereocenters. The molecule has 0 amide bonds. The van der Waals surface area contributed by atoms with Gasteiger partial charge in [-0.15, -0.1) is 0 Å². The van der Waals surface area contributed by atoms with Crippen LogP contribution < -0.4 is 0 Å². The van der Waals surface area contributed by atoms with Gasteiger partial charge in [0.1, 0.15) is 11.7 Å². The molecule has 1 aliphatic carbocycles. The highest BCUT2D eigenvalue weighted by molar-refractivity contribution is 5.63. The number of hydrogen-bond donors (Lipinski definition) is 0. The van der Waals surface area contributed by atoms with Crippen LogP contribution in [0.1, 0.15) is 43.1 Å². The fraction of sp³-hybridized carbons (Fsp3) is 0.429. The molecule has 1 saturated heterocycles. The van der Waals surface area contributed by atoms with Crippen LogP contribution in [0.4, 0.5) is 0 Å². The minimum Gasteiger partial charge on any atom is -0.356 e. The molecule has 1 heterocycles. The van der Waals surface area contributed by atoms with Gasteiger partial charge in [-0.2, -0.15) is 0 Å². The van der Waals surface area contributed by atoms with Gasteiger partial charge in [-0.05, 0) is 35.6 Å². The number of hydrogen-bond acceptors (Lipinski definition) is 1. The van der Waals surface area contributed by atoms with Gasteiger partial charge in [0.25, 0.3) is 0 Å². The molecule has 1 aromatic carbocycles. The Balaban J connectivity index is 2.04. The van der Waals surface area contributed by atoms with Crippen LogP contribution in [0.3, 0.4) is 0 Å². The number of epoxide rings is 1. The second-order valence-corrected chi connectivity index (χ2v) is 4.46. The Labute approximate surface area is 90.8 Å². The van der Waals surface area contributed by atoms with Gasteiger partial charge < -0.3 is 4.74 Å². The molecule has 0 radical (unpaired) electrons. The fourth-order valence-electron chi connectivity index (χ4n) is 2.48. The van der Waals surface area contributed by atoms with E-state index in [1.54, 1.807) is 0 Å². The van der Waals surface area contributed by atoms with Crippen molar-refractivity contribution in [3.05, 3.63) is 41.0 Å². The molecule has 78 valence electrons. The molecule has 0 bridgehead atoms. The molecule has 1 aliphatic heterocycles. The smallest absolute Gasteiger partial charge is 0.118 e. The van der Waals surface area contributed by atoms with Crippen LogP contribution in [0.5, 0.6) is 0 Å². The van der Waals surface area contributed by atoms with Crippen LogP contribution in [-0.4, -0.2) is 5.60 Å². The molecule has 2 unspecified atom stereocenters. The van der Waals surface area contributed by atoms with E-state index < -0.39 is 0 Å².